The van der Waals surface area contributed by atoms with E-state index in [0.717, 1.165) is 53.4 Å². The highest BCUT2D eigenvalue weighted by Gasteiger charge is 2.23. The summed E-state index contributed by atoms with van der Waals surface area (Å²) in [5, 5.41) is 14.1. The van der Waals surface area contributed by atoms with Crippen molar-refractivity contribution >= 4 is 34.1 Å². The minimum absolute atomic E-state index is 0.0503. The number of rotatable bonds is 6. The molecule has 2 aromatic carbocycles. The van der Waals surface area contributed by atoms with Crippen LogP contribution in [0, 0.1) is 6.92 Å². The number of hydrogen-bond acceptors (Lipinski definition) is 5. The van der Waals surface area contributed by atoms with Gasteiger partial charge in [-0.15, -0.1) is 10.2 Å². The number of benzene rings is 2. The van der Waals surface area contributed by atoms with Crippen LogP contribution in [0.2, 0.25) is 0 Å². The zero-order chi connectivity index (χ0) is 19.5. The van der Waals surface area contributed by atoms with Crippen molar-refractivity contribution in [3.05, 3.63) is 48.3 Å². The summed E-state index contributed by atoms with van der Waals surface area (Å²) in [7, 11) is 0. The van der Waals surface area contributed by atoms with Crippen molar-refractivity contribution in [3.8, 4) is 0 Å². The minimum Gasteiger partial charge on any atom is -0.376 e. The quantitative estimate of drug-likeness (QED) is 0.637. The summed E-state index contributed by atoms with van der Waals surface area (Å²) >= 11 is 1.43. The highest BCUT2D eigenvalue weighted by atomic mass is 32.2. The van der Waals surface area contributed by atoms with Gasteiger partial charge in [-0.2, -0.15) is 0 Å². The first-order valence-electron chi connectivity index (χ1n) is 9.58. The molecule has 1 fully saturated rings. The molecule has 0 saturated carbocycles. The van der Waals surface area contributed by atoms with Gasteiger partial charge in [-0.05, 0) is 38.1 Å². The van der Waals surface area contributed by atoms with Crippen molar-refractivity contribution in [3.63, 3.8) is 0 Å². The molecule has 1 saturated heterocycles. The molecule has 1 N–H and O–H groups in total. The van der Waals surface area contributed by atoms with Gasteiger partial charge in [-0.25, -0.2) is 0 Å². The second-order valence-corrected chi connectivity index (χ2v) is 8.36. The zero-order valence-corrected chi connectivity index (χ0v) is 16.9. The number of nitrogens with zero attached hydrogens (tertiary/aromatic N) is 3. The van der Waals surface area contributed by atoms with Crippen LogP contribution in [0.3, 0.4) is 0 Å². The van der Waals surface area contributed by atoms with E-state index in [4.69, 9.17) is 4.74 Å². The third kappa shape index (κ3) is 4.05. The lowest BCUT2D eigenvalue weighted by Crippen LogP contribution is -2.23. The Morgan fingerprint density at radius 3 is 2.93 bits per heavy atom. The highest BCUT2D eigenvalue weighted by Crippen LogP contribution is 2.27. The first-order valence-corrected chi connectivity index (χ1v) is 10.5. The molecule has 146 valence electrons. The molecule has 1 aliphatic rings. The largest absolute Gasteiger partial charge is 0.376 e. The lowest BCUT2D eigenvalue weighted by Gasteiger charge is -2.16. The summed E-state index contributed by atoms with van der Waals surface area (Å²) in [5.74, 6) is 0.797. The van der Waals surface area contributed by atoms with E-state index >= 15 is 0 Å². The van der Waals surface area contributed by atoms with Crippen LogP contribution in [0.5, 0.6) is 0 Å². The van der Waals surface area contributed by atoms with Gasteiger partial charge in [0.1, 0.15) is 5.82 Å². The predicted octanol–water partition coefficient (Wildman–Crippen LogP) is 4.04. The Labute approximate surface area is 168 Å². The molecule has 7 heteroatoms. The standard InChI is InChI=1S/C21H24N4O2S/c1-14(20(26)22-19-11-5-8-16-7-3-4-10-18(16)19)28-21-24-23-15(2)25(21)13-17-9-6-12-27-17/h3-5,7-8,10-11,14,17H,6,9,12-13H2,1-2H3,(H,22,26)/t14-,17-/m1/s1. The van der Waals surface area contributed by atoms with Crippen molar-refractivity contribution < 1.29 is 9.53 Å². The molecule has 4 rings (SSSR count). The van der Waals surface area contributed by atoms with Gasteiger partial charge in [0.2, 0.25) is 5.91 Å². The molecule has 1 aliphatic heterocycles. The zero-order valence-electron chi connectivity index (χ0n) is 16.1. The van der Waals surface area contributed by atoms with Crippen LogP contribution in [-0.2, 0) is 16.1 Å². The molecule has 6 nitrogen and oxygen atoms in total. The normalized spacial score (nSPS) is 17.7. The predicted molar refractivity (Wildman–Crippen MR) is 112 cm³/mol. The first kappa shape index (κ1) is 19.0. The Kier molecular flexibility index (Phi) is 5.64. The minimum atomic E-state index is -0.300. The summed E-state index contributed by atoms with van der Waals surface area (Å²) in [6, 6.07) is 14.0. The molecule has 0 radical (unpaired) electrons. The lowest BCUT2D eigenvalue weighted by atomic mass is 10.1. The van der Waals surface area contributed by atoms with E-state index in [1.165, 1.54) is 11.8 Å². The number of thioether (sulfide) groups is 1. The SMILES string of the molecule is Cc1nnc(S[C@H](C)C(=O)Nc2cccc3ccccc23)n1C[C@H]1CCCO1. The third-order valence-electron chi connectivity index (χ3n) is 5.01. The molecule has 28 heavy (non-hydrogen) atoms. The fraction of sp³-hybridized carbons (Fsp3) is 0.381. The van der Waals surface area contributed by atoms with Crippen molar-refractivity contribution in [2.45, 2.75) is 49.7 Å². The van der Waals surface area contributed by atoms with E-state index < -0.39 is 0 Å². The second-order valence-electron chi connectivity index (χ2n) is 7.05. The first-order chi connectivity index (χ1) is 13.6. The molecule has 0 spiro atoms. The lowest BCUT2D eigenvalue weighted by molar-refractivity contribution is -0.115. The summed E-state index contributed by atoms with van der Waals surface area (Å²) < 4.78 is 7.80. The number of ether oxygens (including phenoxy) is 1. The second kappa shape index (κ2) is 8.32. The number of aromatic nitrogens is 3. The fourth-order valence-electron chi connectivity index (χ4n) is 3.43. The molecule has 3 aromatic rings. The number of hydrogen-bond donors (Lipinski definition) is 1. The Morgan fingerprint density at radius 1 is 1.29 bits per heavy atom. The van der Waals surface area contributed by atoms with Crippen LogP contribution in [0.15, 0.2) is 47.6 Å². The fourth-order valence-corrected chi connectivity index (χ4v) is 4.34. The Hall–Kier alpha value is -2.38. The van der Waals surface area contributed by atoms with Gasteiger partial charge in [0, 0.05) is 17.7 Å². The monoisotopic (exact) mass is 396 g/mol. The van der Waals surface area contributed by atoms with Gasteiger partial charge >= 0.3 is 0 Å². The van der Waals surface area contributed by atoms with E-state index in [1.807, 2.05) is 56.3 Å². The van der Waals surface area contributed by atoms with Gasteiger partial charge in [-0.1, -0.05) is 48.2 Å². The molecule has 0 bridgehead atoms. The van der Waals surface area contributed by atoms with Crippen molar-refractivity contribution in [1.29, 1.82) is 0 Å². The van der Waals surface area contributed by atoms with E-state index in [1.54, 1.807) is 0 Å². The molecule has 0 unspecified atom stereocenters. The molecular weight excluding hydrogens is 372 g/mol. The summed E-state index contributed by atoms with van der Waals surface area (Å²) in [4.78, 5) is 12.8. The van der Waals surface area contributed by atoms with Crippen LogP contribution in [0.4, 0.5) is 5.69 Å². The number of nitrogens with one attached hydrogen (secondary N) is 1. The number of carbonyl (C=O) groups is 1. The van der Waals surface area contributed by atoms with Gasteiger partial charge in [-0.3, -0.25) is 4.79 Å². The molecule has 0 aliphatic carbocycles. The Bertz CT molecular complexity index is 976. The van der Waals surface area contributed by atoms with Crippen molar-refractivity contribution in [1.82, 2.24) is 14.8 Å². The number of carbonyl (C=O) groups excluding carboxylic acids is 1. The van der Waals surface area contributed by atoms with Gasteiger partial charge in [0.15, 0.2) is 5.16 Å². The molecular formula is C21H24N4O2S. The number of anilines is 1. The molecule has 2 atom stereocenters. The average molecular weight is 397 g/mol. The van der Waals surface area contributed by atoms with Crippen molar-refractivity contribution in [2.75, 3.05) is 11.9 Å². The van der Waals surface area contributed by atoms with Gasteiger partial charge in [0.05, 0.1) is 17.9 Å². The van der Waals surface area contributed by atoms with Crippen LogP contribution >= 0.6 is 11.8 Å². The number of fused-ring (bicyclic) bond motifs is 1. The topological polar surface area (TPSA) is 69.0 Å². The number of amides is 1. The van der Waals surface area contributed by atoms with Crippen LogP contribution in [0.1, 0.15) is 25.6 Å². The molecule has 1 amide bonds. The van der Waals surface area contributed by atoms with E-state index in [0.29, 0.717) is 0 Å². The highest BCUT2D eigenvalue weighted by molar-refractivity contribution is 8.00. The maximum Gasteiger partial charge on any atom is 0.237 e. The van der Waals surface area contributed by atoms with Crippen molar-refractivity contribution in [2.24, 2.45) is 0 Å². The van der Waals surface area contributed by atoms with E-state index in [9.17, 15) is 4.79 Å². The molecule has 1 aromatic heterocycles. The smallest absolute Gasteiger partial charge is 0.237 e. The van der Waals surface area contributed by atoms with Gasteiger partial charge in [0.25, 0.3) is 0 Å². The molecule has 2 heterocycles. The summed E-state index contributed by atoms with van der Waals surface area (Å²) in [5.41, 5.74) is 0.826. The maximum absolute atomic E-state index is 12.8. The third-order valence-corrected chi connectivity index (χ3v) is 6.09. The number of aryl methyl sites for hydroxylation is 1. The van der Waals surface area contributed by atoms with Crippen LogP contribution in [-0.4, -0.2) is 38.6 Å². The maximum atomic E-state index is 12.8. The van der Waals surface area contributed by atoms with Crippen LogP contribution < -0.4 is 5.32 Å². The summed E-state index contributed by atoms with van der Waals surface area (Å²) in [6.07, 6.45) is 2.35. The van der Waals surface area contributed by atoms with E-state index in [2.05, 4.69) is 20.1 Å². The van der Waals surface area contributed by atoms with Gasteiger partial charge < -0.3 is 14.6 Å². The average Bonchev–Trinajstić information content (AvgIpc) is 3.34. The van der Waals surface area contributed by atoms with E-state index in [-0.39, 0.29) is 17.3 Å². The Balaban J connectivity index is 1.46. The Morgan fingerprint density at radius 2 is 2.11 bits per heavy atom. The van der Waals surface area contributed by atoms with Crippen LogP contribution in [0.25, 0.3) is 10.8 Å². The summed E-state index contributed by atoms with van der Waals surface area (Å²) in [6.45, 7) is 5.38.